The summed E-state index contributed by atoms with van der Waals surface area (Å²) in [6.07, 6.45) is 0. The van der Waals surface area contributed by atoms with Gasteiger partial charge in [0.15, 0.2) is 17.5 Å². The van der Waals surface area contributed by atoms with Crippen molar-refractivity contribution in [1.29, 1.82) is 0 Å². The van der Waals surface area contributed by atoms with E-state index in [1.807, 2.05) is 30.0 Å². The molecule has 13 rings (SSSR count). The summed E-state index contributed by atoms with van der Waals surface area (Å²) in [5.74, 6) is 1.89. The summed E-state index contributed by atoms with van der Waals surface area (Å²) in [4.78, 5) is 18.0. The summed E-state index contributed by atoms with van der Waals surface area (Å²) in [5, 5.41) is 6.00. The predicted octanol–water partition coefficient (Wildman–Crippen LogP) is 14.9. The summed E-state index contributed by atoms with van der Waals surface area (Å²) >= 11 is 1.85. The first-order valence-electron chi connectivity index (χ1n) is 21.2. The first-order valence-corrected chi connectivity index (χ1v) is 22.0. The van der Waals surface area contributed by atoms with Gasteiger partial charge in [0.1, 0.15) is 5.65 Å². The van der Waals surface area contributed by atoms with E-state index in [1.165, 1.54) is 53.7 Å². The van der Waals surface area contributed by atoms with Crippen LogP contribution in [0.3, 0.4) is 0 Å². The number of hydrogen-bond donors (Lipinski definition) is 0. The Morgan fingerprint density at radius 3 is 1.71 bits per heavy atom. The maximum atomic E-state index is 5.22. The third kappa shape index (κ3) is 5.76. The lowest BCUT2D eigenvalue weighted by Gasteiger charge is -2.21. The Kier molecular flexibility index (Phi) is 8.08. The van der Waals surface area contributed by atoms with Gasteiger partial charge < -0.3 is 0 Å². The largest absolute Gasteiger partial charge is 0.295 e. The van der Waals surface area contributed by atoms with Crippen molar-refractivity contribution in [3.05, 3.63) is 212 Å². The zero-order valence-corrected chi connectivity index (χ0v) is 34.7. The Bertz CT molecular complexity index is 3760. The zero-order valence-electron chi connectivity index (χ0n) is 33.9. The highest BCUT2D eigenvalue weighted by Crippen LogP contribution is 2.51. The van der Waals surface area contributed by atoms with E-state index in [9.17, 15) is 0 Å². The van der Waals surface area contributed by atoms with Gasteiger partial charge in [0.25, 0.3) is 0 Å². The van der Waals surface area contributed by atoms with Crippen LogP contribution in [0.15, 0.2) is 222 Å². The second kappa shape index (κ2) is 14.3. The van der Waals surface area contributed by atoms with Gasteiger partial charge in [-0.2, -0.15) is 0 Å². The molecule has 0 amide bonds. The van der Waals surface area contributed by atoms with Gasteiger partial charge in [0.2, 0.25) is 0 Å². The Morgan fingerprint density at radius 2 is 0.937 bits per heavy atom. The molecule has 9 aromatic carbocycles. The lowest BCUT2D eigenvalue weighted by Crippen LogP contribution is -2.05. The van der Waals surface area contributed by atoms with Gasteiger partial charge >= 0.3 is 0 Å². The number of hydrogen-bond acceptors (Lipinski definition) is 4. The fourth-order valence-corrected chi connectivity index (χ4v) is 10.6. The summed E-state index contributed by atoms with van der Waals surface area (Å²) < 4.78 is 4.94. The van der Waals surface area contributed by atoms with Crippen molar-refractivity contribution >= 4 is 55.4 Å². The van der Waals surface area contributed by atoms with Crippen molar-refractivity contribution in [2.75, 3.05) is 0 Å². The Labute approximate surface area is 367 Å². The highest BCUT2D eigenvalue weighted by molar-refractivity contribution is 7.99. The van der Waals surface area contributed by atoms with Crippen molar-refractivity contribution in [2.45, 2.75) is 9.79 Å². The number of aromatic nitrogens is 5. The van der Waals surface area contributed by atoms with E-state index < -0.39 is 0 Å². The molecule has 63 heavy (non-hydrogen) atoms. The van der Waals surface area contributed by atoms with E-state index in [4.69, 9.17) is 15.0 Å². The Hall–Kier alpha value is -8.06. The minimum absolute atomic E-state index is 0.625. The molecule has 6 heteroatoms. The average molecular weight is 822 g/mol. The lowest BCUT2D eigenvalue weighted by atomic mass is 9.97. The molecule has 0 atom stereocenters. The molecule has 0 spiro atoms. The van der Waals surface area contributed by atoms with Gasteiger partial charge in [0.05, 0.1) is 16.7 Å². The smallest absolute Gasteiger partial charge is 0.164 e. The molecule has 0 aliphatic carbocycles. The minimum atomic E-state index is 0.625. The van der Waals surface area contributed by atoms with Gasteiger partial charge in [-0.3, -0.25) is 9.13 Å². The molecule has 0 saturated heterocycles. The zero-order chi connectivity index (χ0) is 41.4. The van der Waals surface area contributed by atoms with Gasteiger partial charge in [-0.05, 0) is 87.6 Å². The second-order valence-electron chi connectivity index (χ2n) is 16.0. The third-order valence-corrected chi connectivity index (χ3v) is 13.4. The molecule has 3 aromatic heterocycles. The molecule has 0 radical (unpaired) electrons. The predicted molar refractivity (Wildman–Crippen MR) is 260 cm³/mol. The monoisotopic (exact) mass is 821 g/mol. The fourth-order valence-electron chi connectivity index (χ4n) is 9.47. The van der Waals surface area contributed by atoms with Crippen LogP contribution in [0.2, 0.25) is 0 Å². The summed E-state index contributed by atoms with van der Waals surface area (Å²) in [7, 11) is 0. The minimum Gasteiger partial charge on any atom is -0.295 e. The third-order valence-electron chi connectivity index (χ3n) is 12.3. The van der Waals surface area contributed by atoms with Crippen molar-refractivity contribution in [1.82, 2.24) is 24.1 Å². The quantitative estimate of drug-likeness (QED) is 0.168. The van der Waals surface area contributed by atoms with Gasteiger partial charge in [-0.25, -0.2) is 15.0 Å². The van der Waals surface area contributed by atoms with E-state index in [2.05, 4.69) is 203 Å². The van der Waals surface area contributed by atoms with Crippen molar-refractivity contribution in [3.8, 4) is 67.8 Å². The van der Waals surface area contributed by atoms with E-state index in [0.717, 1.165) is 50.1 Å². The number of fused-ring (bicyclic) bond motifs is 8. The molecule has 294 valence electrons. The van der Waals surface area contributed by atoms with E-state index in [-0.39, 0.29) is 0 Å². The van der Waals surface area contributed by atoms with Crippen LogP contribution >= 0.6 is 11.8 Å². The van der Waals surface area contributed by atoms with Crippen LogP contribution in [-0.2, 0) is 0 Å². The molecule has 1 aliphatic rings. The molecular formula is C57H35N5S. The van der Waals surface area contributed by atoms with Gasteiger partial charge in [-0.15, -0.1) is 0 Å². The molecule has 12 aromatic rings. The van der Waals surface area contributed by atoms with Crippen LogP contribution in [-0.4, -0.2) is 24.1 Å². The fraction of sp³-hybridized carbons (Fsp3) is 0. The molecule has 1 aliphatic heterocycles. The molecule has 0 saturated carbocycles. The summed E-state index contributed by atoms with van der Waals surface area (Å²) in [6.45, 7) is 0. The first kappa shape index (κ1) is 35.7. The van der Waals surface area contributed by atoms with Crippen LogP contribution < -0.4 is 0 Å². The normalized spacial score (nSPS) is 12.1. The number of rotatable bonds is 6. The standard InChI is InChI=1S/C57H35N5S/c1-4-15-36(16-5-1)38-29-30-40-34-43(32-31-39(40)33-38)56-59-54(37-17-6-2-7-18-37)58-55(60-56)42-20-12-19-41(35-42)45-23-13-26-48-51(45)52-46-24-14-28-50-53(46)62(47-25-10-11-27-49(47)63-50)57(52)61(48)44-21-8-3-9-22-44/h1-35H. The highest BCUT2D eigenvalue weighted by Gasteiger charge is 2.29. The summed E-state index contributed by atoms with van der Waals surface area (Å²) in [5.41, 5.74) is 13.3. The SMILES string of the molecule is c1ccc(-c2ccc3cc(-c4nc(-c5ccccc5)nc(-c5cccc(-c6cccc7c6c6c8cccc9c8n(c6n7-c6ccccc6)-c6ccccc6S9)c5)n4)ccc3c2)cc1. The first-order chi connectivity index (χ1) is 31.2. The second-order valence-corrected chi connectivity index (χ2v) is 17.1. The number of para-hydroxylation sites is 3. The number of nitrogens with zero attached hydrogens (tertiary/aromatic N) is 5. The molecule has 0 N–H and O–H groups in total. The van der Waals surface area contributed by atoms with Gasteiger partial charge in [0, 0.05) is 48.3 Å². The van der Waals surface area contributed by atoms with E-state index in [1.54, 1.807) is 0 Å². The lowest BCUT2D eigenvalue weighted by molar-refractivity contribution is 1.03. The van der Waals surface area contributed by atoms with Crippen LogP contribution in [0.5, 0.6) is 0 Å². The average Bonchev–Trinajstić information content (AvgIpc) is 3.88. The van der Waals surface area contributed by atoms with Crippen LogP contribution in [0.25, 0.3) is 111 Å². The van der Waals surface area contributed by atoms with Crippen molar-refractivity contribution < 1.29 is 0 Å². The highest BCUT2D eigenvalue weighted by atomic mass is 32.2. The van der Waals surface area contributed by atoms with E-state index in [0.29, 0.717) is 17.5 Å². The van der Waals surface area contributed by atoms with E-state index >= 15 is 0 Å². The summed E-state index contributed by atoms with van der Waals surface area (Å²) in [6, 6.07) is 75.5. The Morgan fingerprint density at radius 1 is 0.365 bits per heavy atom. The molecule has 0 unspecified atom stereocenters. The molecule has 0 fully saturated rings. The van der Waals surface area contributed by atoms with Crippen LogP contribution in [0.1, 0.15) is 0 Å². The van der Waals surface area contributed by atoms with Gasteiger partial charge in [-0.1, -0.05) is 169 Å². The van der Waals surface area contributed by atoms with Crippen LogP contribution in [0.4, 0.5) is 0 Å². The topological polar surface area (TPSA) is 48.5 Å². The molecule has 0 bridgehead atoms. The number of benzene rings is 9. The molecular weight excluding hydrogens is 787 g/mol. The van der Waals surface area contributed by atoms with Crippen molar-refractivity contribution in [3.63, 3.8) is 0 Å². The molecule has 5 nitrogen and oxygen atoms in total. The Balaban J connectivity index is 1.01. The maximum absolute atomic E-state index is 5.22. The van der Waals surface area contributed by atoms with Crippen LogP contribution in [0, 0.1) is 0 Å². The van der Waals surface area contributed by atoms with Crippen molar-refractivity contribution in [2.24, 2.45) is 0 Å². The molecule has 4 heterocycles. The maximum Gasteiger partial charge on any atom is 0.164 e.